The summed E-state index contributed by atoms with van der Waals surface area (Å²) in [6.45, 7) is 0.700. The van der Waals surface area contributed by atoms with E-state index in [1.807, 2.05) is 0 Å². The largest absolute Gasteiger partial charge is 0.507 e. The zero-order valence-corrected chi connectivity index (χ0v) is 10.7. The number of phenolic OH excluding ortho intramolecular Hbond substituents is 1. The first-order chi connectivity index (χ1) is 9.09. The molecule has 0 radical (unpaired) electrons. The predicted octanol–water partition coefficient (Wildman–Crippen LogP) is 1.000. The zero-order chi connectivity index (χ0) is 13.8. The average molecular weight is 261 g/mol. The van der Waals surface area contributed by atoms with Gasteiger partial charge in [0, 0.05) is 23.4 Å². The molecule has 0 aromatic heterocycles. The van der Waals surface area contributed by atoms with Crippen molar-refractivity contribution < 1.29 is 9.84 Å². The second kappa shape index (κ2) is 5.67. The first-order valence-corrected chi connectivity index (χ1v) is 6.22. The van der Waals surface area contributed by atoms with Crippen LogP contribution in [0.2, 0.25) is 0 Å². The fourth-order valence-corrected chi connectivity index (χ4v) is 2.15. The molecule has 2 rings (SSSR count). The van der Waals surface area contributed by atoms with Gasteiger partial charge in [0.2, 0.25) is 0 Å². The SMILES string of the molecule is NC(N)=C(/C=C(\N)c1ccccc1O)C1CCCO1. The summed E-state index contributed by atoms with van der Waals surface area (Å²) in [7, 11) is 0. The molecule has 102 valence electrons. The lowest BCUT2D eigenvalue weighted by Crippen LogP contribution is -2.20. The summed E-state index contributed by atoms with van der Waals surface area (Å²) in [6.07, 6.45) is 3.42. The quantitative estimate of drug-likeness (QED) is 0.607. The van der Waals surface area contributed by atoms with Crippen molar-refractivity contribution in [3.05, 3.63) is 47.3 Å². The summed E-state index contributed by atoms with van der Waals surface area (Å²) in [5.74, 6) is 0.323. The van der Waals surface area contributed by atoms with Crippen molar-refractivity contribution in [1.82, 2.24) is 0 Å². The molecular weight excluding hydrogens is 242 g/mol. The Morgan fingerprint density at radius 3 is 2.58 bits per heavy atom. The molecule has 7 N–H and O–H groups in total. The molecule has 1 aromatic carbocycles. The van der Waals surface area contributed by atoms with Crippen LogP contribution in [0.3, 0.4) is 0 Å². The van der Waals surface area contributed by atoms with E-state index in [0.717, 1.165) is 12.8 Å². The fraction of sp³-hybridized carbons (Fsp3) is 0.286. The molecular formula is C14H19N3O2. The number of hydrogen-bond acceptors (Lipinski definition) is 5. The van der Waals surface area contributed by atoms with Crippen LogP contribution in [-0.2, 0) is 4.74 Å². The van der Waals surface area contributed by atoms with Gasteiger partial charge < -0.3 is 27.0 Å². The number of aromatic hydroxyl groups is 1. The highest BCUT2D eigenvalue weighted by Gasteiger charge is 2.21. The van der Waals surface area contributed by atoms with Crippen molar-refractivity contribution in [2.75, 3.05) is 6.61 Å². The summed E-state index contributed by atoms with van der Waals surface area (Å²) in [4.78, 5) is 0. The predicted molar refractivity (Wildman–Crippen MR) is 74.6 cm³/mol. The number of ether oxygens (including phenoxy) is 1. The maximum atomic E-state index is 9.77. The molecule has 0 amide bonds. The summed E-state index contributed by atoms with van der Waals surface area (Å²) >= 11 is 0. The van der Waals surface area contributed by atoms with Crippen LogP contribution in [-0.4, -0.2) is 17.8 Å². The minimum atomic E-state index is -0.116. The number of nitrogens with two attached hydrogens (primary N) is 3. The molecule has 1 heterocycles. The lowest BCUT2D eigenvalue weighted by atomic mass is 10.0. The van der Waals surface area contributed by atoms with Crippen LogP contribution in [0.25, 0.3) is 5.70 Å². The van der Waals surface area contributed by atoms with Gasteiger partial charge in [-0.3, -0.25) is 0 Å². The topological polar surface area (TPSA) is 108 Å². The van der Waals surface area contributed by atoms with Gasteiger partial charge in [0.1, 0.15) is 5.75 Å². The average Bonchev–Trinajstić information content (AvgIpc) is 2.89. The van der Waals surface area contributed by atoms with Crippen molar-refractivity contribution in [2.24, 2.45) is 17.2 Å². The Hall–Kier alpha value is -2.14. The third-order valence-electron chi connectivity index (χ3n) is 3.14. The summed E-state index contributed by atoms with van der Waals surface area (Å²) in [5.41, 5.74) is 19.0. The number of rotatable bonds is 3. The third kappa shape index (κ3) is 3.00. The lowest BCUT2D eigenvalue weighted by molar-refractivity contribution is 0.139. The van der Waals surface area contributed by atoms with Crippen molar-refractivity contribution >= 4 is 5.70 Å². The van der Waals surface area contributed by atoms with Crippen LogP contribution in [0.5, 0.6) is 5.75 Å². The number of benzene rings is 1. The highest BCUT2D eigenvalue weighted by atomic mass is 16.5. The smallest absolute Gasteiger partial charge is 0.124 e. The van der Waals surface area contributed by atoms with E-state index in [1.54, 1.807) is 30.3 Å². The second-order valence-electron chi connectivity index (χ2n) is 4.53. The van der Waals surface area contributed by atoms with Gasteiger partial charge in [0.15, 0.2) is 0 Å². The van der Waals surface area contributed by atoms with Gasteiger partial charge in [-0.25, -0.2) is 0 Å². The molecule has 5 nitrogen and oxygen atoms in total. The van der Waals surface area contributed by atoms with Crippen molar-refractivity contribution in [3.8, 4) is 5.75 Å². The van der Waals surface area contributed by atoms with Gasteiger partial charge in [0.25, 0.3) is 0 Å². The summed E-state index contributed by atoms with van der Waals surface area (Å²) in [5, 5.41) is 9.77. The van der Waals surface area contributed by atoms with Gasteiger partial charge in [-0.2, -0.15) is 0 Å². The second-order valence-corrected chi connectivity index (χ2v) is 4.53. The van der Waals surface area contributed by atoms with Crippen LogP contribution >= 0.6 is 0 Å². The fourth-order valence-electron chi connectivity index (χ4n) is 2.15. The Labute approximate surface area is 112 Å². The van der Waals surface area contributed by atoms with E-state index in [9.17, 15) is 5.11 Å². The van der Waals surface area contributed by atoms with E-state index in [0.29, 0.717) is 23.4 Å². The number of hydrogen-bond donors (Lipinski definition) is 4. The van der Waals surface area contributed by atoms with Crippen LogP contribution in [0.1, 0.15) is 18.4 Å². The summed E-state index contributed by atoms with van der Waals surface area (Å²) in [6, 6.07) is 6.86. The molecule has 0 bridgehead atoms. The first-order valence-electron chi connectivity index (χ1n) is 6.22. The zero-order valence-electron chi connectivity index (χ0n) is 10.7. The molecule has 1 aliphatic heterocycles. The van der Waals surface area contributed by atoms with Crippen LogP contribution in [0, 0.1) is 0 Å². The highest BCUT2D eigenvalue weighted by molar-refractivity contribution is 5.70. The van der Waals surface area contributed by atoms with E-state index in [4.69, 9.17) is 21.9 Å². The molecule has 1 atom stereocenters. The van der Waals surface area contributed by atoms with Crippen LogP contribution in [0.15, 0.2) is 41.7 Å². The Bertz CT molecular complexity index is 513. The minimum absolute atomic E-state index is 0.116. The molecule has 1 unspecified atom stereocenters. The molecule has 0 saturated carbocycles. The number of phenols is 1. The van der Waals surface area contributed by atoms with E-state index in [1.165, 1.54) is 0 Å². The maximum Gasteiger partial charge on any atom is 0.124 e. The monoisotopic (exact) mass is 261 g/mol. The van der Waals surface area contributed by atoms with Crippen LogP contribution in [0.4, 0.5) is 0 Å². The Balaban J connectivity index is 2.32. The standard InChI is InChI=1S/C14H19N3O2/c15-11(9-4-1-2-5-12(9)18)8-10(14(16)17)13-6-3-7-19-13/h1-2,4-5,8,13,18H,3,6-7,15-17H2/b11-8-. The maximum absolute atomic E-state index is 9.77. The van der Waals surface area contributed by atoms with Gasteiger partial charge >= 0.3 is 0 Å². The van der Waals surface area contributed by atoms with Crippen molar-refractivity contribution in [1.29, 1.82) is 0 Å². The van der Waals surface area contributed by atoms with Crippen LogP contribution < -0.4 is 17.2 Å². The Kier molecular flexibility index (Phi) is 3.97. The molecule has 0 aliphatic carbocycles. The molecule has 19 heavy (non-hydrogen) atoms. The van der Waals surface area contributed by atoms with Gasteiger partial charge in [-0.15, -0.1) is 0 Å². The Morgan fingerprint density at radius 2 is 2.00 bits per heavy atom. The molecule has 1 saturated heterocycles. The van der Waals surface area contributed by atoms with E-state index in [2.05, 4.69) is 0 Å². The van der Waals surface area contributed by atoms with E-state index in [-0.39, 0.29) is 17.7 Å². The van der Waals surface area contributed by atoms with Gasteiger partial charge in [-0.05, 0) is 31.1 Å². The molecule has 5 heteroatoms. The van der Waals surface area contributed by atoms with Gasteiger partial charge in [0.05, 0.1) is 11.9 Å². The van der Waals surface area contributed by atoms with Crippen molar-refractivity contribution in [2.45, 2.75) is 18.9 Å². The van der Waals surface area contributed by atoms with Crippen molar-refractivity contribution in [3.63, 3.8) is 0 Å². The molecule has 1 aliphatic rings. The van der Waals surface area contributed by atoms with Gasteiger partial charge in [-0.1, -0.05) is 12.1 Å². The molecule has 1 aromatic rings. The molecule has 0 spiro atoms. The number of para-hydroxylation sites is 1. The third-order valence-corrected chi connectivity index (χ3v) is 3.14. The summed E-state index contributed by atoms with van der Waals surface area (Å²) < 4.78 is 5.56. The minimum Gasteiger partial charge on any atom is -0.507 e. The first kappa shape index (κ1) is 13.3. The van der Waals surface area contributed by atoms with E-state index >= 15 is 0 Å². The normalized spacial score (nSPS) is 19.4. The molecule has 1 fully saturated rings. The van der Waals surface area contributed by atoms with E-state index < -0.39 is 0 Å². The highest BCUT2D eigenvalue weighted by Crippen LogP contribution is 2.26. The lowest BCUT2D eigenvalue weighted by Gasteiger charge is -2.14. The Morgan fingerprint density at radius 1 is 1.26 bits per heavy atom.